The number of nitrogens with zero attached hydrogens (tertiary/aromatic N) is 2. The maximum absolute atomic E-state index is 6.32. The van der Waals surface area contributed by atoms with Gasteiger partial charge >= 0.3 is 14.2 Å². The normalized spacial score (nSPS) is 15.8. The lowest BCUT2D eigenvalue weighted by Gasteiger charge is -2.32. The highest BCUT2D eigenvalue weighted by Gasteiger charge is 2.52. The number of halogens is 4. The van der Waals surface area contributed by atoms with E-state index in [-0.39, 0.29) is 22.4 Å². The molecule has 78 heavy (non-hydrogen) atoms. The van der Waals surface area contributed by atoms with Crippen LogP contribution in [-0.4, -0.2) is 36.6 Å². The molecule has 0 N–H and O–H groups in total. The molecule has 2 aliphatic rings. The minimum Gasteiger partial charge on any atom is -0.399 e. The Bertz CT molecular complexity index is 2900. The van der Waals surface area contributed by atoms with Gasteiger partial charge in [-0.1, -0.05) is 129 Å². The molecule has 0 radical (unpaired) electrons. The Morgan fingerprint density at radius 2 is 0.744 bits per heavy atom. The van der Waals surface area contributed by atoms with E-state index < -0.39 is 14.2 Å². The van der Waals surface area contributed by atoms with E-state index in [1.807, 2.05) is 0 Å². The molecule has 2 aliphatic heterocycles. The zero-order chi connectivity index (χ0) is 55.7. The zero-order valence-electron chi connectivity index (χ0n) is 46.2. The van der Waals surface area contributed by atoms with Gasteiger partial charge in [-0.2, -0.15) is 0 Å². The third-order valence-corrected chi connectivity index (χ3v) is 19.2. The van der Waals surface area contributed by atoms with Gasteiger partial charge in [0.15, 0.2) is 0 Å². The SMILES string of the molecule is Brc1ccc(-c2cccs2)s1.Brc1ccc(N(c2ccc(Br)cc2)c2ccc(Br)cc2)cc1.CCCCCCCCc1ccc(N(c2ccc(B3OC(C)(C)C(C)(C)O3)cc2)c2ccc(B3OC(C)(C)C(C)(C)O3)cc2)cc1. The van der Waals surface area contributed by atoms with Crippen molar-refractivity contribution < 1.29 is 18.6 Å². The topological polar surface area (TPSA) is 43.4 Å². The molecule has 0 atom stereocenters. The van der Waals surface area contributed by atoms with Crippen LogP contribution in [0.4, 0.5) is 34.1 Å². The number of hydrogen-bond donors (Lipinski definition) is 0. The lowest BCUT2D eigenvalue weighted by Crippen LogP contribution is -2.41. The summed E-state index contributed by atoms with van der Waals surface area (Å²) < 4.78 is 29.7. The van der Waals surface area contributed by atoms with Crippen molar-refractivity contribution in [2.75, 3.05) is 9.80 Å². The number of thiophene rings is 2. The highest BCUT2D eigenvalue weighted by molar-refractivity contribution is 9.11. The fourth-order valence-electron chi connectivity index (χ4n) is 8.97. The summed E-state index contributed by atoms with van der Waals surface area (Å²) in [5, 5.41) is 2.10. The molecule has 2 fully saturated rings. The molecule has 0 spiro atoms. The molecule has 6 nitrogen and oxygen atoms in total. The van der Waals surface area contributed by atoms with Crippen LogP contribution in [0.3, 0.4) is 0 Å². The van der Waals surface area contributed by atoms with Crippen LogP contribution in [0.1, 0.15) is 106 Å². The molecule has 0 amide bonds. The second-order valence-electron chi connectivity index (χ2n) is 21.7. The van der Waals surface area contributed by atoms with E-state index in [2.05, 4.69) is 311 Å². The Kier molecular flexibility index (Phi) is 20.8. The van der Waals surface area contributed by atoms with Crippen LogP contribution in [0.5, 0.6) is 0 Å². The van der Waals surface area contributed by atoms with Gasteiger partial charge in [0, 0.05) is 57.3 Å². The minimum absolute atomic E-state index is 0.376. The number of rotatable bonds is 16. The van der Waals surface area contributed by atoms with Crippen LogP contribution in [0.25, 0.3) is 9.75 Å². The van der Waals surface area contributed by atoms with Crippen LogP contribution < -0.4 is 20.7 Å². The fraction of sp³-hybridized carbons (Fsp3) is 0.312. The summed E-state index contributed by atoms with van der Waals surface area (Å²) in [6.45, 7) is 19.0. The van der Waals surface area contributed by atoms with Crippen molar-refractivity contribution in [3.8, 4) is 9.75 Å². The van der Waals surface area contributed by atoms with Crippen LogP contribution in [0.15, 0.2) is 192 Å². The number of unbranched alkanes of at least 4 members (excludes halogenated alkanes) is 5. The van der Waals surface area contributed by atoms with Gasteiger partial charge in [0.25, 0.3) is 0 Å². The monoisotopic (exact) mass is 1330 g/mol. The van der Waals surface area contributed by atoms with Gasteiger partial charge < -0.3 is 28.4 Å². The van der Waals surface area contributed by atoms with Gasteiger partial charge in [-0.15, -0.1) is 22.7 Å². The summed E-state index contributed by atoms with van der Waals surface area (Å²) in [6.07, 6.45) is 9.00. The molecule has 8 aromatic rings. The summed E-state index contributed by atoms with van der Waals surface area (Å²) >= 11 is 17.5. The molecule has 0 aliphatic carbocycles. The van der Waals surface area contributed by atoms with Crippen LogP contribution in [-0.2, 0) is 25.0 Å². The first-order valence-corrected chi connectivity index (χ1v) is 31.8. The number of benzene rings is 6. The first-order valence-electron chi connectivity index (χ1n) is 26.9. The van der Waals surface area contributed by atoms with Crippen molar-refractivity contribution in [1.82, 2.24) is 0 Å². The maximum atomic E-state index is 6.32. The lowest BCUT2D eigenvalue weighted by molar-refractivity contribution is 0.00578. The van der Waals surface area contributed by atoms with Gasteiger partial charge in [0.05, 0.1) is 26.2 Å². The first kappa shape index (κ1) is 60.3. The number of hydrogen-bond acceptors (Lipinski definition) is 8. The average molecular weight is 1340 g/mol. The molecule has 0 saturated carbocycles. The molecule has 6 aromatic carbocycles. The number of aryl methyl sites for hydroxylation is 1. The largest absolute Gasteiger partial charge is 0.494 e. The molecule has 0 bridgehead atoms. The molecule has 14 heteroatoms. The van der Waals surface area contributed by atoms with Gasteiger partial charge in [-0.3, -0.25) is 0 Å². The van der Waals surface area contributed by atoms with Crippen molar-refractivity contribution in [3.05, 3.63) is 198 Å². The van der Waals surface area contributed by atoms with E-state index in [1.165, 1.54) is 57.6 Å². The molecular formula is C64H70B2Br4N2O4S2. The van der Waals surface area contributed by atoms with E-state index in [0.29, 0.717) is 0 Å². The standard InChI is InChI=1S/C38H53B2NO4.C18H12Br3N.C8H5BrS2/c1-10-11-12-13-14-15-16-29-17-23-32(24-18-29)41(33-25-19-30(20-26-33)39-42-35(2,3)36(4,5)43-39)34-27-21-31(22-28-34)40-44-37(6,7)38(8,9)45-40;19-13-1-7-16(8-2-13)22(17-9-3-14(20)4-10-17)18-11-5-15(21)6-12-18;9-8-4-3-7(11-8)6-2-1-5-10-6/h17-28H,10-16H2,1-9H3;1-12H;1-5H. The van der Waals surface area contributed by atoms with E-state index in [4.69, 9.17) is 18.6 Å². The van der Waals surface area contributed by atoms with Gasteiger partial charge in [0.1, 0.15) is 0 Å². The van der Waals surface area contributed by atoms with Gasteiger partial charge in [-0.25, -0.2) is 0 Å². The van der Waals surface area contributed by atoms with Crippen molar-refractivity contribution in [2.24, 2.45) is 0 Å². The van der Waals surface area contributed by atoms with Gasteiger partial charge in [-0.05, 0) is 233 Å². The predicted molar refractivity (Wildman–Crippen MR) is 349 cm³/mol. The van der Waals surface area contributed by atoms with Crippen molar-refractivity contribution in [1.29, 1.82) is 0 Å². The van der Waals surface area contributed by atoms with Gasteiger partial charge in [0.2, 0.25) is 0 Å². The molecule has 10 rings (SSSR count). The Hall–Kier alpha value is -3.79. The second-order valence-corrected chi connectivity index (χ2v) is 27.9. The minimum atomic E-state index is -0.391. The Morgan fingerprint density at radius 3 is 1.08 bits per heavy atom. The fourth-order valence-corrected chi connectivity index (χ4v) is 12.0. The Morgan fingerprint density at radius 1 is 0.397 bits per heavy atom. The maximum Gasteiger partial charge on any atom is 0.494 e. The van der Waals surface area contributed by atoms with Crippen LogP contribution in [0, 0.1) is 0 Å². The highest BCUT2D eigenvalue weighted by Crippen LogP contribution is 2.41. The van der Waals surface area contributed by atoms with Crippen LogP contribution >= 0.6 is 86.4 Å². The van der Waals surface area contributed by atoms with E-state index in [1.54, 1.807) is 22.7 Å². The van der Waals surface area contributed by atoms with E-state index >= 15 is 0 Å². The Balaban J connectivity index is 0.000000198. The van der Waals surface area contributed by atoms with Crippen molar-refractivity contribution >= 4 is 146 Å². The third-order valence-electron chi connectivity index (χ3n) is 15.0. The summed E-state index contributed by atoms with van der Waals surface area (Å²) in [6, 6.07) is 59.6. The van der Waals surface area contributed by atoms with Crippen molar-refractivity contribution in [2.45, 2.75) is 130 Å². The predicted octanol–water partition coefficient (Wildman–Crippen LogP) is 20.3. The molecule has 2 saturated heterocycles. The molecule has 2 aromatic heterocycles. The second kappa shape index (κ2) is 26.9. The summed E-state index contributed by atoms with van der Waals surface area (Å²) in [7, 11) is -0.782. The quantitative estimate of drug-likeness (QED) is 0.0710. The summed E-state index contributed by atoms with van der Waals surface area (Å²) in [5.74, 6) is 0. The van der Waals surface area contributed by atoms with Crippen molar-refractivity contribution in [3.63, 3.8) is 0 Å². The molecule has 406 valence electrons. The smallest absolute Gasteiger partial charge is 0.399 e. The summed E-state index contributed by atoms with van der Waals surface area (Å²) in [4.78, 5) is 7.22. The van der Waals surface area contributed by atoms with E-state index in [0.717, 1.165) is 64.9 Å². The first-order chi connectivity index (χ1) is 37.2. The molecular weight excluding hydrogens is 1270 g/mol. The zero-order valence-corrected chi connectivity index (χ0v) is 54.2. The molecule has 4 heterocycles. The Labute approximate surface area is 507 Å². The summed E-state index contributed by atoms with van der Waals surface area (Å²) in [5.41, 5.74) is 8.53. The van der Waals surface area contributed by atoms with E-state index in [9.17, 15) is 0 Å². The lowest BCUT2D eigenvalue weighted by atomic mass is 9.79. The average Bonchev–Trinajstić information content (AvgIpc) is 4.25. The van der Waals surface area contributed by atoms with Crippen LogP contribution in [0.2, 0.25) is 0 Å². The number of anilines is 6. The molecule has 0 unspecified atom stereocenters. The third kappa shape index (κ3) is 15.4. The highest BCUT2D eigenvalue weighted by atomic mass is 79.9.